The molecule has 1 aliphatic rings. The average molecular weight is 322 g/mol. The molecule has 0 radical (unpaired) electrons. The van der Waals surface area contributed by atoms with Gasteiger partial charge in [-0.15, -0.1) is 0 Å². The molecule has 7 nitrogen and oxygen atoms in total. The second kappa shape index (κ2) is 7.71. The number of carbonyl (C=O) groups is 2. The zero-order valence-electron chi connectivity index (χ0n) is 13.6. The first-order valence-corrected chi connectivity index (χ1v) is 7.44. The van der Waals surface area contributed by atoms with Gasteiger partial charge in [0.25, 0.3) is 5.91 Å². The summed E-state index contributed by atoms with van der Waals surface area (Å²) in [6, 6.07) is 5.08. The van der Waals surface area contributed by atoms with E-state index in [2.05, 4.69) is 5.32 Å². The average Bonchev–Trinajstić information content (AvgIpc) is 2.61. The maximum Gasteiger partial charge on any atom is 0.409 e. The van der Waals surface area contributed by atoms with E-state index in [4.69, 9.17) is 14.2 Å². The highest BCUT2D eigenvalue weighted by Gasteiger charge is 2.24. The highest BCUT2D eigenvalue weighted by molar-refractivity contribution is 5.95. The lowest BCUT2D eigenvalue weighted by Gasteiger charge is -2.31. The Morgan fingerprint density at radius 3 is 2.09 bits per heavy atom. The van der Waals surface area contributed by atoms with Gasteiger partial charge in [-0.25, -0.2) is 4.79 Å². The molecular formula is C16H22N2O5. The minimum atomic E-state index is -0.327. The summed E-state index contributed by atoms with van der Waals surface area (Å²) in [7, 11) is 4.45. The van der Waals surface area contributed by atoms with Crippen molar-refractivity contribution in [2.45, 2.75) is 18.9 Å². The molecular weight excluding hydrogens is 300 g/mol. The van der Waals surface area contributed by atoms with Crippen LogP contribution in [0.5, 0.6) is 11.5 Å². The predicted octanol–water partition coefficient (Wildman–Crippen LogP) is 1.66. The molecule has 0 saturated carbocycles. The highest BCUT2D eigenvalue weighted by Crippen LogP contribution is 2.23. The van der Waals surface area contributed by atoms with Crippen LogP contribution in [-0.2, 0) is 4.74 Å². The highest BCUT2D eigenvalue weighted by atomic mass is 16.5. The second-order valence-corrected chi connectivity index (χ2v) is 5.31. The molecule has 2 rings (SSSR count). The zero-order chi connectivity index (χ0) is 16.8. The van der Waals surface area contributed by atoms with E-state index in [-0.39, 0.29) is 18.0 Å². The number of carbonyl (C=O) groups excluding carboxylic acids is 2. The summed E-state index contributed by atoms with van der Waals surface area (Å²) >= 11 is 0. The molecule has 1 N–H and O–H groups in total. The van der Waals surface area contributed by atoms with Crippen LogP contribution in [-0.4, -0.2) is 57.4 Å². The molecule has 1 saturated heterocycles. The van der Waals surface area contributed by atoms with Crippen molar-refractivity contribution in [2.75, 3.05) is 34.4 Å². The summed E-state index contributed by atoms with van der Waals surface area (Å²) in [5.41, 5.74) is 0.483. The lowest BCUT2D eigenvalue weighted by atomic mass is 10.0. The van der Waals surface area contributed by atoms with Crippen molar-refractivity contribution in [3.05, 3.63) is 23.8 Å². The third-order valence-corrected chi connectivity index (χ3v) is 3.88. The van der Waals surface area contributed by atoms with Gasteiger partial charge >= 0.3 is 6.09 Å². The van der Waals surface area contributed by atoms with Crippen LogP contribution in [0.2, 0.25) is 0 Å². The maximum atomic E-state index is 12.4. The molecule has 2 amide bonds. The van der Waals surface area contributed by atoms with Gasteiger partial charge in [0, 0.05) is 30.8 Å². The van der Waals surface area contributed by atoms with E-state index in [1.165, 1.54) is 7.11 Å². The molecule has 0 unspecified atom stereocenters. The third kappa shape index (κ3) is 4.28. The summed E-state index contributed by atoms with van der Waals surface area (Å²) in [6.45, 7) is 1.14. The van der Waals surface area contributed by atoms with Gasteiger partial charge in [-0.2, -0.15) is 0 Å². The van der Waals surface area contributed by atoms with Crippen molar-refractivity contribution in [2.24, 2.45) is 0 Å². The fourth-order valence-corrected chi connectivity index (χ4v) is 2.54. The monoisotopic (exact) mass is 322 g/mol. The Morgan fingerprint density at radius 1 is 1.04 bits per heavy atom. The minimum Gasteiger partial charge on any atom is -0.497 e. The third-order valence-electron chi connectivity index (χ3n) is 3.88. The van der Waals surface area contributed by atoms with Crippen LogP contribution in [0, 0.1) is 0 Å². The first kappa shape index (κ1) is 16.9. The number of hydrogen-bond acceptors (Lipinski definition) is 5. The summed E-state index contributed by atoms with van der Waals surface area (Å²) in [4.78, 5) is 25.5. The molecule has 0 aliphatic carbocycles. The van der Waals surface area contributed by atoms with Crippen molar-refractivity contribution < 1.29 is 23.8 Å². The first-order chi connectivity index (χ1) is 11.1. The van der Waals surface area contributed by atoms with Crippen molar-refractivity contribution in [1.29, 1.82) is 0 Å². The van der Waals surface area contributed by atoms with E-state index in [0.717, 1.165) is 0 Å². The lowest BCUT2D eigenvalue weighted by Crippen LogP contribution is -2.46. The van der Waals surface area contributed by atoms with Crippen LogP contribution < -0.4 is 14.8 Å². The molecule has 1 aliphatic heterocycles. The number of nitrogens with zero attached hydrogens (tertiary/aromatic N) is 1. The number of likely N-dealkylation sites (tertiary alicyclic amines) is 1. The van der Waals surface area contributed by atoms with Crippen molar-refractivity contribution in [3.8, 4) is 11.5 Å². The number of nitrogens with one attached hydrogen (secondary N) is 1. The van der Waals surface area contributed by atoms with E-state index >= 15 is 0 Å². The predicted molar refractivity (Wildman–Crippen MR) is 84.0 cm³/mol. The number of piperidine rings is 1. The van der Waals surface area contributed by atoms with Gasteiger partial charge in [0.15, 0.2) is 0 Å². The zero-order valence-corrected chi connectivity index (χ0v) is 13.6. The van der Waals surface area contributed by atoms with Crippen LogP contribution in [0.25, 0.3) is 0 Å². The SMILES string of the molecule is COC(=O)N1CCC(NC(=O)c2cc(OC)cc(OC)c2)CC1. The molecule has 0 spiro atoms. The Balaban J connectivity index is 1.96. The minimum absolute atomic E-state index is 0.0283. The first-order valence-electron chi connectivity index (χ1n) is 7.44. The topological polar surface area (TPSA) is 77.1 Å². The molecule has 0 aromatic heterocycles. The number of methoxy groups -OCH3 is 3. The Morgan fingerprint density at radius 2 is 1.61 bits per heavy atom. The Kier molecular flexibility index (Phi) is 5.67. The van der Waals surface area contributed by atoms with Crippen molar-refractivity contribution in [3.63, 3.8) is 0 Å². The molecule has 1 aromatic rings. The van der Waals surface area contributed by atoms with Crippen LogP contribution in [0.3, 0.4) is 0 Å². The normalized spacial score (nSPS) is 15.0. The van der Waals surface area contributed by atoms with Crippen LogP contribution >= 0.6 is 0 Å². The van der Waals surface area contributed by atoms with E-state index in [9.17, 15) is 9.59 Å². The molecule has 1 aromatic carbocycles. The summed E-state index contributed by atoms with van der Waals surface area (Å²) < 4.78 is 15.0. The smallest absolute Gasteiger partial charge is 0.409 e. The standard InChI is InChI=1S/C16H22N2O5/c1-21-13-8-11(9-14(10-13)22-2)15(19)17-12-4-6-18(7-5-12)16(20)23-3/h8-10,12H,4-7H2,1-3H3,(H,17,19). The molecule has 126 valence electrons. The van der Waals surface area contributed by atoms with E-state index < -0.39 is 0 Å². The van der Waals surface area contributed by atoms with Gasteiger partial charge in [-0.3, -0.25) is 4.79 Å². The number of ether oxygens (including phenoxy) is 3. The van der Waals surface area contributed by atoms with Gasteiger partial charge in [0.2, 0.25) is 0 Å². The van der Waals surface area contributed by atoms with Crippen LogP contribution in [0.4, 0.5) is 4.79 Å². The quantitative estimate of drug-likeness (QED) is 0.912. The van der Waals surface area contributed by atoms with Gasteiger partial charge in [0.05, 0.1) is 21.3 Å². The second-order valence-electron chi connectivity index (χ2n) is 5.31. The van der Waals surface area contributed by atoms with E-state index in [0.29, 0.717) is 43.0 Å². The molecule has 23 heavy (non-hydrogen) atoms. The number of rotatable bonds is 4. The van der Waals surface area contributed by atoms with E-state index in [1.54, 1.807) is 37.3 Å². The fourth-order valence-electron chi connectivity index (χ4n) is 2.54. The van der Waals surface area contributed by atoms with Crippen molar-refractivity contribution >= 4 is 12.0 Å². The fraction of sp³-hybridized carbons (Fsp3) is 0.500. The lowest BCUT2D eigenvalue weighted by molar-refractivity contribution is 0.0891. The van der Waals surface area contributed by atoms with Gasteiger partial charge < -0.3 is 24.4 Å². The molecule has 7 heteroatoms. The molecule has 0 atom stereocenters. The Bertz CT molecular complexity index is 545. The Labute approximate surface area is 135 Å². The molecule has 0 bridgehead atoms. The van der Waals surface area contributed by atoms with Gasteiger partial charge in [-0.05, 0) is 25.0 Å². The number of amides is 2. The van der Waals surface area contributed by atoms with Crippen LogP contribution in [0.1, 0.15) is 23.2 Å². The van der Waals surface area contributed by atoms with Crippen molar-refractivity contribution in [1.82, 2.24) is 10.2 Å². The van der Waals surface area contributed by atoms with Gasteiger partial charge in [0.1, 0.15) is 11.5 Å². The summed E-state index contributed by atoms with van der Waals surface area (Å²) in [5, 5.41) is 2.99. The molecule has 1 heterocycles. The maximum absolute atomic E-state index is 12.4. The summed E-state index contributed by atoms with van der Waals surface area (Å²) in [6.07, 6.45) is 1.07. The van der Waals surface area contributed by atoms with Crippen LogP contribution in [0.15, 0.2) is 18.2 Å². The van der Waals surface area contributed by atoms with Gasteiger partial charge in [-0.1, -0.05) is 0 Å². The molecule has 1 fully saturated rings. The number of hydrogen-bond donors (Lipinski definition) is 1. The van der Waals surface area contributed by atoms with E-state index in [1.807, 2.05) is 0 Å². The largest absolute Gasteiger partial charge is 0.497 e. The summed E-state index contributed by atoms with van der Waals surface area (Å²) in [5.74, 6) is 0.948. The number of benzene rings is 1. The Hall–Kier alpha value is -2.44.